The summed E-state index contributed by atoms with van der Waals surface area (Å²) in [5, 5.41) is -0.154. The Morgan fingerprint density at radius 3 is 2.19 bits per heavy atom. The van der Waals surface area contributed by atoms with Gasteiger partial charge in [0.2, 0.25) is 0 Å². The van der Waals surface area contributed by atoms with Crippen LogP contribution in [0.25, 0.3) is 0 Å². The predicted molar refractivity (Wildman–Crippen MR) is 123 cm³/mol. The molecule has 0 saturated heterocycles. The summed E-state index contributed by atoms with van der Waals surface area (Å²) in [4.78, 5) is 31.0. The summed E-state index contributed by atoms with van der Waals surface area (Å²) in [6.45, 7) is 2.40. The highest BCUT2D eigenvalue weighted by atomic mass is 35.5. The van der Waals surface area contributed by atoms with Crippen LogP contribution in [0.5, 0.6) is 0 Å². The van der Waals surface area contributed by atoms with Crippen molar-refractivity contribution in [3.8, 4) is 0 Å². The van der Waals surface area contributed by atoms with Crippen molar-refractivity contribution < 1.29 is 14.0 Å². The van der Waals surface area contributed by atoms with E-state index in [2.05, 4.69) is 0 Å². The molecule has 0 spiro atoms. The van der Waals surface area contributed by atoms with Gasteiger partial charge in [-0.15, -0.1) is 0 Å². The number of para-hydroxylation sites is 1. The molecule has 156 valence electrons. The van der Waals surface area contributed by atoms with Crippen molar-refractivity contribution in [1.29, 1.82) is 0 Å². The molecule has 0 radical (unpaired) electrons. The van der Waals surface area contributed by atoms with E-state index in [4.69, 9.17) is 11.6 Å². The fourth-order valence-electron chi connectivity index (χ4n) is 3.37. The van der Waals surface area contributed by atoms with Crippen LogP contribution in [0, 0.1) is 5.82 Å². The van der Waals surface area contributed by atoms with Crippen LogP contribution in [0.15, 0.2) is 94.4 Å². The molecule has 1 heterocycles. The van der Waals surface area contributed by atoms with Crippen LogP contribution in [0.3, 0.4) is 0 Å². The molecule has 0 saturated carbocycles. The molecular weight excluding hydrogens is 435 g/mol. The third-order valence-electron chi connectivity index (χ3n) is 4.80. The Bertz CT molecular complexity index is 1170. The van der Waals surface area contributed by atoms with E-state index in [1.165, 1.54) is 23.9 Å². The first kappa shape index (κ1) is 21.2. The Labute approximate surface area is 188 Å². The minimum Gasteiger partial charge on any atom is -0.336 e. The Morgan fingerprint density at radius 2 is 1.58 bits per heavy atom. The van der Waals surface area contributed by atoms with Gasteiger partial charge >= 0.3 is 0 Å². The lowest BCUT2D eigenvalue weighted by Crippen LogP contribution is -2.35. The monoisotopic (exact) mass is 452 g/mol. The normalized spacial score (nSPS) is 13.8. The number of amides is 2. The molecule has 1 aliphatic heterocycles. The molecule has 3 aromatic carbocycles. The number of halogens is 2. The van der Waals surface area contributed by atoms with Crippen molar-refractivity contribution in [2.45, 2.75) is 11.8 Å². The van der Waals surface area contributed by atoms with Gasteiger partial charge in [0.15, 0.2) is 0 Å². The quantitative estimate of drug-likeness (QED) is 0.438. The molecule has 0 N–H and O–H groups in total. The maximum Gasteiger partial charge on any atom is 0.283 e. The standard InChI is InChI=1S/C24H18ClFN2O2S/c1-2-27(16-9-5-3-6-10-16)21-22(31-18-11-7-4-8-12-18)24(30)28(23(21)29)17-13-14-20(26)19(25)15-17/h3-15H,2H2,1H3. The first-order valence-electron chi connectivity index (χ1n) is 9.65. The summed E-state index contributed by atoms with van der Waals surface area (Å²) in [7, 11) is 0. The molecule has 0 fully saturated rings. The predicted octanol–water partition coefficient (Wildman–Crippen LogP) is 5.88. The Hall–Kier alpha value is -3.09. The van der Waals surface area contributed by atoms with Crippen molar-refractivity contribution >= 4 is 46.6 Å². The highest BCUT2D eigenvalue weighted by molar-refractivity contribution is 8.04. The summed E-state index contributed by atoms with van der Waals surface area (Å²) in [6.07, 6.45) is 0. The zero-order valence-corrected chi connectivity index (χ0v) is 18.2. The second-order valence-electron chi connectivity index (χ2n) is 6.72. The summed E-state index contributed by atoms with van der Waals surface area (Å²) in [5.74, 6) is -1.56. The van der Waals surface area contributed by atoms with Gasteiger partial charge in [-0.2, -0.15) is 0 Å². The van der Waals surface area contributed by atoms with Crippen LogP contribution in [0.4, 0.5) is 15.8 Å². The topological polar surface area (TPSA) is 40.6 Å². The molecule has 0 atom stereocenters. The number of likely N-dealkylation sites (N-methyl/N-ethyl adjacent to an activating group) is 1. The fraction of sp³-hybridized carbons (Fsp3) is 0.0833. The lowest BCUT2D eigenvalue weighted by molar-refractivity contribution is -0.120. The zero-order valence-electron chi connectivity index (χ0n) is 16.6. The van der Waals surface area contributed by atoms with Crippen molar-refractivity contribution in [2.24, 2.45) is 0 Å². The fourth-order valence-corrected chi connectivity index (χ4v) is 4.55. The number of benzene rings is 3. The molecule has 0 bridgehead atoms. The van der Waals surface area contributed by atoms with E-state index in [0.29, 0.717) is 11.4 Å². The molecule has 3 aromatic rings. The summed E-state index contributed by atoms with van der Waals surface area (Å²) < 4.78 is 13.7. The first-order valence-corrected chi connectivity index (χ1v) is 10.8. The second-order valence-corrected chi connectivity index (χ2v) is 8.21. The van der Waals surface area contributed by atoms with E-state index in [-0.39, 0.29) is 16.4 Å². The summed E-state index contributed by atoms with van der Waals surface area (Å²) in [5.41, 5.74) is 1.31. The highest BCUT2D eigenvalue weighted by Gasteiger charge is 2.42. The molecule has 0 aromatic heterocycles. The smallest absolute Gasteiger partial charge is 0.283 e. The number of rotatable bonds is 6. The first-order chi connectivity index (χ1) is 15.0. The third-order valence-corrected chi connectivity index (χ3v) is 6.17. The van der Waals surface area contributed by atoms with E-state index >= 15 is 0 Å². The number of anilines is 2. The molecule has 0 aliphatic carbocycles. The molecule has 1 aliphatic rings. The summed E-state index contributed by atoms with van der Waals surface area (Å²) in [6, 6.07) is 22.6. The highest BCUT2D eigenvalue weighted by Crippen LogP contribution is 2.40. The number of carbonyl (C=O) groups is 2. The number of thioether (sulfide) groups is 1. The van der Waals surface area contributed by atoms with Crippen LogP contribution in [-0.4, -0.2) is 18.4 Å². The maximum atomic E-state index is 13.7. The average Bonchev–Trinajstić information content (AvgIpc) is 3.02. The van der Waals surface area contributed by atoms with E-state index in [0.717, 1.165) is 21.5 Å². The van der Waals surface area contributed by atoms with Crippen LogP contribution in [0.2, 0.25) is 5.02 Å². The number of hydrogen-bond donors (Lipinski definition) is 0. The van der Waals surface area contributed by atoms with Gasteiger partial charge in [-0.25, -0.2) is 9.29 Å². The van der Waals surface area contributed by atoms with Gasteiger partial charge in [0.25, 0.3) is 11.8 Å². The van der Waals surface area contributed by atoms with Gasteiger partial charge in [0.1, 0.15) is 16.4 Å². The van der Waals surface area contributed by atoms with Crippen LogP contribution >= 0.6 is 23.4 Å². The van der Waals surface area contributed by atoms with Crippen molar-refractivity contribution in [1.82, 2.24) is 0 Å². The Morgan fingerprint density at radius 1 is 0.935 bits per heavy atom. The Balaban J connectivity index is 1.83. The van der Waals surface area contributed by atoms with Crippen LogP contribution in [0.1, 0.15) is 6.92 Å². The largest absolute Gasteiger partial charge is 0.336 e. The molecule has 2 amide bonds. The van der Waals surface area contributed by atoms with E-state index in [1.807, 2.05) is 72.5 Å². The van der Waals surface area contributed by atoms with Crippen LogP contribution < -0.4 is 9.80 Å². The second kappa shape index (κ2) is 8.96. The van der Waals surface area contributed by atoms with E-state index < -0.39 is 17.6 Å². The number of carbonyl (C=O) groups excluding carboxylic acids is 2. The average molecular weight is 453 g/mol. The molecular formula is C24H18ClFN2O2S. The van der Waals surface area contributed by atoms with Gasteiger partial charge in [-0.1, -0.05) is 59.8 Å². The molecule has 31 heavy (non-hydrogen) atoms. The van der Waals surface area contributed by atoms with Gasteiger partial charge in [0, 0.05) is 17.1 Å². The molecule has 4 nitrogen and oxygen atoms in total. The number of hydrogen-bond acceptors (Lipinski definition) is 4. The number of nitrogens with zero attached hydrogens (tertiary/aromatic N) is 2. The maximum absolute atomic E-state index is 13.7. The minimum atomic E-state index is -0.615. The van der Waals surface area contributed by atoms with Gasteiger partial charge < -0.3 is 4.90 Å². The molecule has 4 rings (SSSR count). The van der Waals surface area contributed by atoms with Crippen LogP contribution in [-0.2, 0) is 9.59 Å². The van der Waals surface area contributed by atoms with Gasteiger partial charge in [0.05, 0.1) is 10.7 Å². The van der Waals surface area contributed by atoms with Crippen molar-refractivity contribution in [3.63, 3.8) is 0 Å². The van der Waals surface area contributed by atoms with Gasteiger partial charge in [-0.3, -0.25) is 9.59 Å². The van der Waals surface area contributed by atoms with Crippen molar-refractivity contribution in [3.05, 3.63) is 100 Å². The van der Waals surface area contributed by atoms with E-state index in [9.17, 15) is 14.0 Å². The summed E-state index contributed by atoms with van der Waals surface area (Å²) >= 11 is 7.16. The lowest BCUT2D eigenvalue weighted by atomic mass is 10.2. The zero-order chi connectivity index (χ0) is 22.0. The molecule has 7 heteroatoms. The lowest BCUT2D eigenvalue weighted by Gasteiger charge is -2.24. The SMILES string of the molecule is CCN(C1=C(Sc2ccccc2)C(=O)N(c2ccc(F)c(Cl)c2)C1=O)c1ccccc1. The third kappa shape index (κ3) is 4.09. The Kier molecular flexibility index (Phi) is 6.11. The van der Waals surface area contributed by atoms with E-state index in [1.54, 1.807) is 0 Å². The number of imide groups is 1. The minimum absolute atomic E-state index is 0.154. The molecule has 0 unspecified atom stereocenters. The van der Waals surface area contributed by atoms with Crippen molar-refractivity contribution in [2.75, 3.05) is 16.3 Å². The van der Waals surface area contributed by atoms with Gasteiger partial charge in [-0.05, 0) is 49.4 Å².